The zero-order valence-electron chi connectivity index (χ0n) is 21.7. The van der Waals surface area contributed by atoms with E-state index in [4.69, 9.17) is 4.74 Å². The Morgan fingerprint density at radius 2 is 1.55 bits per heavy atom. The van der Waals surface area contributed by atoms with Crippen LogP contribution in [0.25, 0.3) is 11.1 Å². The Balaban J connectivity index is 1.77. The number of carbonyl (C=O) groups is 3. The van der Waals surface area contributed by atoms with Gasteiger partial charge < -0.3 is 20.0 Å². The molecule has 0 aliphatic heterocycles. The summed E-state index contributed by atoms with van der Waals surface area (Å²) in [6, 6.07) is 17.5. The number of nitrogens with one attached hydrogen (secondary N) is 1. The molecule has 0 heterocycles. The first-order valence-electron chi connectivity index (χ1n) is 12.8. The van der Waals surface area contributed by atoms with Gasteiger partial charge in [0.2, 0.25) is 5.91 Å². The lowest BCUT2D eigenvalue weighted by Crippen LogP contribution is -2.38. The Kier molecular flexibility index (Phi) is 13.3. The van der Waals surface area contributed by atoms with Crippen LogP contribution in [0.15, 0.2) is 54.6 Å². The Morgan fingerprint density at radius 3 is 2.18 bits per heavy atom. The van der Waals surface area contributed by atoms with Crippen LogP contribution in [0.1, 0.15) is 57.4 Å². The van der Waals surface area contributed by atoms with Gasteiger partial charge in [0.1, 0.15) is 0 Å². The van der Waals surface area contributed by atoms with E-state index in [0.29, 0.717) is 19.3 Å². The van der Waals surface area contributed by atoms with Crippen LogP contribution < -0.4 is 5.32 Å². The number of nitrogens with zero attached hydrogens (tertiary/aromatic N) is 1. The van der Waals surface area contributed by atoms with E-state index in [0.717, 1.165) is 29.5 Å². The number of esters is 1. The molecule has 0 radical (unpaired) electrons. The van der Waals surface area contributed by atoms with E-state index in [-0.39, 0.29) is 38.4 Å². The number of rotatable bonds is 18. The molecule has 1 unspecified atom stereocenters. The number of ether oxygens (including phenoxy) is 1. The molecule has 2 N–H and O–H groups in total. The molecule has 206 valence electrons. The van der Waals surface area contributed by atoms with Gasteiger partial charge in [0.05, 0.1) is 25.6 Å². The molecule has 0 fully saturated rings. The number of hydrogen-bond donors (Lipinski definition) is 2. The Morgan fingerprint density at radius 1 is 0.921 bits per heavy atom. The second-order valence-electron chi connectivity index (χ2n) is 9.20. The molecule has 0 spiro atoms. The number of hydrogen-bond acceptors (Lipinski definition) is 7. The summed E-state index contributed by atoms with van der Waals surface area (Å²) in [5, 5.41) is 21.5. The predicted octanol–water partition coefficient (Wildman–Crippen LogP) is 4.58. The van der Waals surface area contributed by atoms with E-state index in [1.165, 1.54) is 0 Å². The lowest BCUT2D eigenvalue weighted by Gasteiger charge is -2.21. The number of unbranched alkanes of at least 4 members (excludes halogenated alkanes) is 3. The molecule has 0 bridgehead atoms. The average Bonchev–Trinajstić information content (AvgIpc) is 2.89. The number of benzene rings is 2. The van der Waals surface area contributed by atoms with E-state index in [2.05, 4.69) is 10.2 Å². The van der Waals surface area contributed by atoms with Gasteiger partial charge in [-0.25, -0.2) is 0 Å². The Labute approximate surface area is 222 Å². The van der Waals surface area contributed by atoms with Gasteiger partial charge in [-0.05, 0) is 48.8 Å². The van der Waals surface area contributed by atoms with Gasteiger partial charge in [0.25, 0.3) is 5.09 Å². The minimum absolute atomic E-state index is 0.0487. The SMILES string of the molecule is CC(C[C@@H](Cc1ccc(-c2ccccc2)cc1)NC(=O)CCC(=O)OCCCCCCO[N+](=O)[O-])C(=O)O. The van der Waals surface area contributed by atoms with E-state index in [1.54, 1.807) is 6.92 Å². The molecule has 1 amide bonds. The van der Waals surface area contributed by atoms with Crippen molar-refractivity contribution in [1.29, 1.82) is 0 Å². The average molecular weight is 529 g/mol. The highest BCUT2D eigenvalue weighted by Gasteiger charge is 2.21. The van der Waals surface area contributed by atoms with Crippen LogP contribution in [0.2, 0.25) is 0 Å². The maximum absolute atomic E-state index is 12.5. The lowest BCUT2D eigenvalue weighted by molar-refractivity contribution is -0.757. The highest BCUT2D eigenvalue weighted by molar-refractivity contribution is 5.81. The van der Waals surface area contributed by atoms with Gasteiger partial charge in [0, 0.05) is 12.5 Å². The number of amides is 1. The topological polar surface area (TPSA) is 145 Å². The first-order valence-corrected chi connectivity index (χ1v) is 12.8. The van der Waals surface area contributed by atoms with E-state index in [9.17, 15) is 29.6 Å². The van der Waals surface area contributed by atoms with Gasteiger partial charge in [-0.3, -0.25) is 14.4 Å². The number of carbonyl (C=O) groups excluding carboxylic acids is 2. The fourth-order valence-electron chi connectivity index (χ4n) is 3.94. The molecular weight excluding hydrogens is 492 g/mol. The van der Waals surface area contributed by atoms with Gasteiger partial charge in [-0.15, -0.1) is 10.1 Å². The van der Waals surface area contributed by atoms with E-state index >= 15 is 0 Å². The normalized spacial score (nSPS) is 12.2. The van der Waals surface area contributed by atoms with Crippen molar-refractivity contribution in [3.63, 3.8) is 0 Å². The summed E-state index contributed by atoms with van der Waals surface area (Å²) in [7, 11) is 0. The van der Waals surface area contributed by atoms with Gasteiger partial charge in [-0.1, -0.05) is 67.9 Å². The molecule has 0 aliphatic rings. The van der Waals surface area contributed by atoms with Gasteiger partial charge in [0.15, 0.2) is 0 Å². The smallest absolute Gasteiger partial charge is 0.306 e. The summed E-state index contributed by atoms with van der Waals surface area (Å²) in [6.45, 7) is 1.87. The molecule has 10 nitrogen and oxygen atoms in total. The van der Waals surface area contributed by atoms with Gasteiger partial charge >= 0.3 is 11.9 Å². The third kappa shape index (κ3) is 12.3. The van der Waals surface area contributed by atoms with Crippen LogP contribution in [-0.4, -0.2) is 47.3 Å². The summed E-state index contributed by atoms with van der Waals surface area (Å²) in [6.07, 6.45) is 3.23. The molecular formula is C28H36N2O8. The maximum Gasteiger partial charge on any atom is 0.306 e. The van der Waals surface area contributed by atoms with Crippen molar-refractivity contribution < 1.29 is 34.2 Å². The standard InChI is InChI=1S/C28H36N2O8/c1-21(28(33)34)19-25(20-22-11-13-24(14-12-22)23-9-5-4-6-10-23)29-26(31)15-16-27(32)37-17-7-2-3-8-18-38-30(35)36/h4-6,9-14,21,25H,2-3,7-8,15-20H2,1H3,(H,29,31)(H,33,34)/t21?,25-/m0/s1. The summed E-state index contributed by atoms with van der Waals surface area (Å²) in [5.74, 6) is -2.39. The summed E-state index contributed by atoms with van der Waals surface area (Å²) in [4.78, 5) is 50.2. The fraction of sp³-hybridized carbons (Fsp3) is 0.464. The summed E-state index contributed by atoms with van der Waals surface area (Å²) < 4.78 is 5.15. The minimum atomic E-state index is -0.933. The van der Waals surface area contributed by atoms with Crippen molar-refractivity contribution in [3.8, 4) is 11.1 Å². The van der Waals surface area contributed by atoms with Crippen molar-refractivity contribution in [2.24, 2.45) is 5.92 Å². The zero-order valence-corrected chi connectivity index (χ0v) is 21.7. The largest absolute Gasteiger partial charge is 0.481 e. The van der Waals surface area contributed by atoms with Crippen LogP contribution in [0.4, 0.5) is 0 Å². The highest BCUT2D eigenvalue weighted by atomic mass is 16.9. The third-order valence-electron chi connectivity index (χ3n) is 6.02. The van der Waals surface area contributed by atoms with Gasteiger partial charge in [-0.2, -0.15) is 0 Å². The molecule has 2 atom stereocenters. The molecule has 0 saturated carbocycles. The molecule has 0 aromatic heterocycles. The third-order valence-corrected chi connectivity index (χ3v) is 6.02. The van der Waals surface area contributed by atoms with Crippen molar-refractivity contribution in [2.75, 3.05) is 13.2 Å². The minimum Gasteiger partial charge on any atom is -0.481 e. The molecule has 10 heteroatoms. The van der Waals surface area contributed by atoms with Crippen LogP contribution >= 0.6 is 0 Å². The molecule has 2 rings (SSSR count). The summed E-state index contributed by atoms with van der Waals surface area (Å²) in [5.41, 5.74) is 3.13. The maximum atomic E-state index is 12.5. The highest BCUT2D eigenvalue weighted by Crippen LogP contribution is 2.20. The molecule has 0 saturated heterocycles. The van der Waals surface area contributed by atoms with Crippen molar-refractivity contribution in [3.05, 3.63) is 70.3 Å². The zero-order chi connectivity index (χ0) is 27.8. The monoisotopic (exact) mass is 528 g/mol. The Bertz CT molecular complexity index is 1030. The number of carboxylic acid groups (broad SMARTS) is 1. The number of carboxylic acids is 1. The second kappa shape index (κ2) is 16.7. The van der Waals surface area contributed by atoms with Crippen LogP contribution in [0.5, 0.6) is 0 Å². The fourth-order valence-corrected chi connectivity index (χ4v) is 3.94. The van der Waals surface area contributed by atoms with E-state index in [1.807, 2.05) is 54.6 Å². The van der Waals surface area contributed by atoms with Crippen molar-refractivity contribution >= 4 is 17.8 Å². The molecule has 0 aliphatic carbocycles. The lowest BCUT2D eigenvalue weighted by atomic mass is 9.95. The second-order valence-corrected chi connectivity index (χ2v) is 9.20. The van der Waals surface area contributed by atoms with Crippen LogP contribution in [0, 0.1) is 16.0 Å². The Hall–Kier alpha value is -3.95. The molecule has 2 aromatic rings. The molecule has 38 heavy (non-hydrogen) atoms. The van der Waals surface area contributed by atoms with Crippen LogP contribution in [0.3, 0.4) is 0 Å². The van der Waals surface area contributed by atoms with Crippen molar-refractivity contribution in [2.45, 2.75) is 64.3 Å². The first kappa shape index (κ1) is 30.3. The predicted molar refractivity (Wildman–Crippen MR) is 141 cm³/mol. The quantitative estimate of drug-likeness (QED) is 0.124. The molecule has 2 aromatic carbocycles. The summed E-state index contributed by atoms with van der Waals surface area (Å²) >= 11 is 0. The first-order chi connectivity index (χ1) is 18.2. The van der Waals surface area contributed by atoms with Crippen molar-refractivity contribution in [1.82, 2.24) is 5.32 Å². The number of aliphatic carboxylic acids is 1. The van der Waals surface area contributed by atoms with Crippen LogP contribution in [-0.2, 0) is 30.4 Å². The van der Waals surface area contributed by atoms with E-state index < -0.39 is 29.0 Å².